The van der Waals surface area contributed by atoms with Gasteiger partial charge in [0.2, 0.25) is 0 Å². The third kappa shape index (κ3) is 10.1. The SMILES string of the molecule is CCOC(=O)CCCCC(C=Cc1ccccc1OCc1ccc(C(C)(C)C)cc1)CCc1ccc(-c2noc(=O)[nH]2)cc1. The van der Waals surface area contributed by atoms with Crippen molar-refractivity contribution in [1.29, 1.82) is 0 Å². The fourth-order valence-corrected chi connectivity index (χ4v) is 5.03. The first-order valence-electron chi connectivity index (χ1n) is 15.5. The van der Waals surface area contributed by atoms with Gasteiger partial charge in [-0.25, -0.2) is 4.79 Å². The summed E-state index contributed by atoms with van der Waals surface area (Å²) in [5, 5.41) is 3.76. The molecule has 1 atom stereocenters. The van der Waals surface area contributed by atoms with Crippen LogP contribution in [-0.4, -0.2) is 22.7 Å². The number of allylic oxidation sites excluding steroid dienone is 1. The fourth-order valence-electron chi connectivity index (χ4n) is 5.03. The van der Waals surface area contributed by atoms with Crippen LogP contribution in [0.5, 0.6) is 5.75 Å². The smallest absolute Gasteiger partial charge is 0.439 e. The van der Waals surface area contributed by atoms with Crippen LogP contribution in [0.2, 0.25) is 0 Å². The second kappa shape index (κ2) is 15.9. The van der Waals surface area contributed by atoms with Crippen molar-refractivity contribution < 1.29 is 18.8 Å². The van der Waals surface area contributed by atoms with E-state index < -0.39 is 5.76 Å². The minimum atomic E-state index is -0.566. The molecule has 0 fully saturated rings. The summed E-state index contributed by atoms with van der Waals surface area (Å²) in [5.74, 6) is 0.898. The molecule has 0 radical (unpaired) electrons. The summed E-state index contributed by atoms with van der Waals surface area (Å²) in [5.41, 5.74) is 5.61. The van der Waals surface area contributed by atoms with Crippen molar-refractivity contribution in [3.63, 3.8) is 0 Å². The Hall–Kier alpha value is -4.39. The number of para-hydroxylation sites is 1. The topological polar surface area (TPSA) is 94.4 Å². The number of carbonyl (C=O) groups is 1. The zero-order valence-corrected chi connectivity index (χ0v) is 26.3. The predicted molar refractivity (Wildman–Crippen MR) is 174 cm³/mol. The van der Waals surface area contributed by atoms with Crippen LogP contribution in [0.1, 0.15) is 82.1 Å². The van der Waals surface area contributed by atoms with Crippen LogP contribution in [0.4, 0.5) is 0 Å². The van der Waals surface area contributed by atoms with E-state index >= 15 is 0 Å². The molecule has 4 aromatic rings. The molecule has 0 saturated heterocycles. The molecule has 0 spiro atoms. The molecule has 1 N–H and O–H groups in total. The van der Waals surface area contributed by atoms with E-state index in [0.29, 0.717) is 31.4 Å². The lowest BCUT2D eigenvalue weighted by Crippen LogP contribution is -2.10. The number of aromatic amines is 1. The molecule has 1 aromatic heterocycles. The second-order valence-electron chi connectivity index (χ2n) is 12.1. The van der Waals surface area contributed by atoms with E-state index in [9.17, 15) is 9.59 Å². The van der Waals surface area contributed by atoms with Crippen LogP contribution in [0.3, 0.4) is 0 Å². The van der Waals surface area contributed by atoms with E-state index in [-0.39, 0.29) is 11.4 Å². The summed E-state index contributed by atoms with van der Waals surface area (Å²) in [6.45, 7) is 9.41. The van der Waals surface area contributed by atoms with E-state index in [2.05, 4.69) is 90.1 Å². The average Bonchev–Trinajstić information content (AvgIpc) is 3.46. The maximum Gasteiger partial charge on any atom is 0.439 e. The lowest BCUT2D eigenvalue weighted by atomic mass is 9.87. The highest BCUT2D eigenvalue weighted by Crippen LogP contribution is 2.26. The van der Waals surface area contributed by atoms with Gasteiger partial charge in [-0.1, -0.05) is 111 Å². The van der Waals surface area contributed by atoms with Crippen molar-refractivity contribution in [1.82, 2.24) is 10.1 Å². The first-order chi connectivity index (χ1) is 21.2. The number of nitrogens with one attached hydrogen (secondary N) is 1. The van der Waals surface area contributed by atoms with E-state index in [1.54, 1.807) is 0 Å². The van der Waals surface area contributed by atoms with Gasteiger partial charge in [0.25, 0.3) is 0 Å². The molecule has 7 nitrogen and oxygen atoms in total. The summed E-state index contributed by atoms with van der Waals surface area (Å²) in [6, 6.07) is 24.8. The Morgan fingerprint density at radius 3 is 2.36 bits per heavy atom. The molecule has 1 heterocycles. The quantitative estimate of drug-likeness (QED) is 0.110. The van der Waals surface area contributed by atoms with Crippen LogP contribution in [0.25, 0.3) is 17.5 Å². The van der Waals surface area contributed by atoms with Gasteiger partial charge in [0.15, 0.2) is 5.82 Å². The van der Waals surface area contributed by atoms with Crippen molar-refractivity contribution in [3.05, 3.63) is 112 Å². The molecule has 232 valence electrons. The molecular weight excluding hydrogens is 552 g/mol. The number of hydrogen-bond donors (Lipinski definition) is 1. The van der Waals surface area contributed by atoms with Gasteiger partial charge >= 0.3 is 11.7 Å². The Morgan fingerprint density at radius 2 is 1.68 bits per heavy atom. The Kier molecular flexibility index (Phi) is 11.8. The largest absolute Gasteiger partial charge is 0.488 e. The molecular formula is C37H44N2O5. The number of rotatable bonds is 15. The van der Waals surface area contributed by atoms with Crippen LogP contribution in [-0.2, 0) is 28.0 Å². The minimum Gasteiger partial charge on any atom is -0.488 e. The minimum absolute atomic E-state index is 0.120. The average molecular weight is 597 g/mol. The zero-order chi connectivity index (χ0) is 31.4. The van der Waals surface area contributed by atoms with Gasteiger partial charge in [0, 0.05) is 17.5 Å². The Labute approximate surface area is 260 Å². The number of ether oxygens (including phenoxy) is 2. The van der Waals surface area contributed by atoms with Crippen LogP contribution < -0.4 is 10.5 Å². The van der Waals surface area contributed by atoms with Crippen molar-refractivity contribution in [3.8, 4) is 17.1 Å². The summed E-state index contributed by atoms with van der Waals surface area (Å²) in [4.78, 5) is 25.7. The monoisotopic (exact) mass is 596 g/mol. The number of aryl methyl sites for hydroxylation is 1. The van der Waals surface area contributed by atoms with E-state index in [0.717, 1.165) is 54.5 Å². The molecule has 0 aliphatic carbocycles. The van der Waals surface area contributed by atoms with E-state index in [4.69, 9.17) is 9.47 Å². The van der Waals surface area contributed by atoms with Crippen LogP contribution >= 0.6 is 0 Å². The Morgan fingerprint density at radius 1 is 0.955 bits per heavy atom. The lowest BCUT2D eigenvalue weighted by Gasteiger charge is -2.19. The summed E-state index contributed by atoms with van der Waals surface area (Å²) >= 11 is 0. The Bertz CT molecular complexity index is 1540. The van der Waals surface area contributed by atoms with Crippen LogP contribution in [0.15, 0.2) is 88.2 Å². The number of aromatic nitrogens is 2. The molecule has 0 amide bonds. The number of benzene rings is 3. The predicted octanol–water partition coefficient (Wildman–Crippen LogP) is 8.29. The highest BCUT2D eigenvalue weighted by Gasteiger charge is 2.13. The van der Waals surface area contributed by atoms with E-state index in [1.165, 1.54) is 11.1 Å². The zero-order valence-electron chi connectivity index (χ0n) is 26.3. The van der Waals surface area contributed by atoms with Crippen LogP contribution in [0, 0.1) is 5.92 Å². The maximum absolute atomic E-state index is 11.8. The third-order valence-electron chi connectivity index (χ3n) is 7.66. The highest BCUT2D eigenvalue weighted by molar-refractivity contribution is 5.69. The molecule has 0 saturated carbocycles. The highest BCUT2D eigenvalue weighted by atomic mass is 16.5. The van der Waals surface area contributed by atoms with Gasteiger partial charge in [-0.2, -0.15) is 0 Å². The van der Waals surface area contributed by atoms with Gasteiger partial charge in [-0.15, -0.1) is 0 Å². The van der Waals surface area contributed by atoms with Gasteiger partial charge in [0.1, 0.15) is 12.4 Å². The second-order valence-corrected chi connectivity index (χ2v) is 12.1. The van der Waals surface area contributed by atoms with Gasteiger partial charge in [-0.3, -0.25) is 14.3 Å². The number of hydrogen-bond acceptors (Lipinski definition) is 6. The summed E-state index contributed by atoms with van der Waals surface area (Å²) < 4.78 is 16.0. The molecule has 3 aromatic carbocycles. The molecule has 1 unspecified atom stereocenters. The first-order valence-corrected chi connectivity index (χ1v) is 15.5. The lowest BCUT2D eigenvalue weighted by molar-refractivity contribution is -0.143. The number of carbonyl (C=O) groups excluding carboxylic acids is 1. The van der Waals surface area contributed by atoms with Gasteiger partial charge in [0.05, 0.1) is 6.61 Å². The number of unbranched alkanes of at least 4 members (excludes halogenated alkanes) is 1. The number of esters is 1. The standard InChI is InChI=1S/C37H44N2O5/c1-5-42-34(40)13-9-6-10-27(14-15-28-17-22-31(23-18-28)35-38-36(41)44-39-35)16-21-30-11-7-8-12-33(30)43-26-29-19-24-32(25-20-29)37(2,3)4/h7-8,11-12,16-25,27H,5-6,9-10,13-15,26H2,1-4H3,(H,38,39,41). The van der Waals surface area contributed by atoms with E-state index in [1.807, 2.05) is 37.3 Å². The van der Waals surface area contributed by atoms with Crippen molar-refractivity contribution >= 4 is 12.0 Å². The van der Waals surface area contributed by atoms with Crippen molar-refractivity contribution in [2.24, 2.45) is 5.92 Å². The third-order valence-corrected chi connectivity index (χ3v) is 7.66. The number of nitrogens with zero attached hydrogens (tertiary/aromatic N) is 1. The maximum atomic E-state index is 11.8. The first kappa shape index (κ1) is 32.5. The normalized spacial score (nSPS) is 12.4. The molecule has 7 heteroatoms. The molecule has 4 rings (SSSR count). The molecule has 0 aliphatic rings. The number of H-pyrrole nitrogens is 1. The fraction of sp³-hybridized carbons (Fsp3) is 0.378. The van der Waals surface area contributed by atoms with Crippen molar-refractivity contribution in [2.75, 3.05) is 6.61 Å². The van der Waals surface area contributed by atoms with Gasteiger partial charge in [-0.05, 0) is 66.7 Å². The molecule has 44 heavy (non-hydrogen) atoms. The van der Waals surface area contributed by atoms with Crippen molar-refractivity contribution in [2.45, 2.75) is 78.2 Å². The molecule has 0 aliphatic heterocycles. The Balaban J connectivity index is 1.40. The summed E-state index contributed by atoms with van der Waals surface area (Å²) in [6.07, 6.45) is 9.46. The van der Waals surface area contributed by atoms with Gasteiger partial charge < -0.3 is 9.47 Å². The summed E-state index contributed by atoms with van der Waals surface area (Å²) in [7, 11) is 0. The molecule has 0 bridgehead atoms.